The molecule has 0 aromatic heterocycles. The molecule has 0 saturated carbocycles. The SMILES string of the molecule is CCCCCCCCOC(=O)C(C)CCCC. The van der Waals surface area contributed by atoms with E-state index in [1.807, 2.05) is 6.92 Å². The minimum atomic E-state index is -0.00740. The Bertz CT molecular complexity index is 178. The highest BCUT2D eigenvalue weighted by Gasteiger charge is 2.12. The number of esters is 1. The van der Waals surface area contributed by atoms with Crippen LogP contribution in [0.5, 0.6) is 0 Å². The average molecular weight is 242 g/mol. The van der Waals surface area contributed by atoms with Gasteiger partial charge in [0.25, 0.3) is 0 Å². The number of unbranched alkanes of at least 4 members (excludes halogenated alkanes) is 6. The molecule has 1 atom stereocenters. The van der Waals surface area contributed by atoms with E-state index in [1.165, 1.54) is 32.1 Å². The number of rotatable bonds is 11. The Labute approximate surface area is 107 Å². The predicted molar refractivity (Wildman–Crippen MR) is 73.0 cm³/mol. The molecule has 0 radical (unpaired) electrons. The van der Waals surface area contributed by atoms with Crippen LogP contribution < -0.4 is 0 Å². The van der Waals surface area contributed by atoms with Gasteiger partial charge in [0, 0.05) is 0 Å². The van der Waals surface area contributed by atoms with Crippen LogP contribution in [-0.4, -0.2) is 12.6 Å². The molecule has 0 rings (SSSR count). The lowest BCUT2D eigenvalue weighted by atomic mass is 10.1. The summed E-state index contributed by atoms with van der Waals surface area (Å²) in [6, 6.07) is 0. The molecule has 0 aliphatic carbocycles. The van der Waals surface area contributed by atoms with E-state index in [-0.39, 0.29) is 11.9 Å². The highest BCUT2D eigenvalue weighted by molar-refractivity contribution is 5.71. The van der Waals surface area contributed by atoms with Gasteiger partial charge in [-0.15, -0.1) is 0 Å². The fourth-order valence-corrected chi connectivity index (χ4v) is 1.83. The minimum Gasteiger partial charge on any atom is -0.465 e. The number of ether oxygens (including phenoxy) is 1. The summed E-state index contributed by atoms with van der Waals surface area (Å²) in [6.45, 7) is 6.95. The van der Waals surface area contributed by atoms with Crippen LogP contribution in [0.3, 0.4) is 0 Å². The molecule has 0 N–H and O–H groups in total. The number of hydrogen-bond acceptors (Lipinski definition) is 2. The summed E-state index contributed by atoms with van der Waals surface area (Å²) in [4.78, 5) is 11.6. The molecule has 0 heterocycles. The maximum absolute atomic E-state index is 11.6. The number of hydrogen-bond donors (Lipinski definition) is 0. The Morgan fingerprint density at radius 2 is 1.53 bits per heavy atom. The summed E-state index contributed by atoms with van der Waals surface area (Å²) in [6.07, 6.45) is 10.6. The molecule has 0 spiro atoms. The van der Waals surface area contributed by atoms with Crippen molar-refractivity contribution < 1.29 is 9.53 Å². The summed E-state index contributed by atoms with van der Waals surface area (Å²) in [5, 5.41) is 0. The standard InChI is InChI=1S/C15H30O2/c1-4-6-8-9-10-11-13-17-15(16)14(3)12-7-5-2/h14H,4-13H2,1-3H3. The van der Waals surface area contributed by atoms with Gasteiger partial charge < -0.3 is 4.74 Å². The van der Waals surface area contributed by atoms with Crippen LogP contribution >= 0.6 is 0 Å². The Kier molecular flexibility index (Phi) is 11.6. The van der Waals surface area contributed by atoms with Crippen molar-refractivity contribution in [2.75, 3.05) is 6.61 Å². The second kappa shape index (κ2) is 11.9. The molecule has 1 unspecified atom stereocenters. The first-order chi connectivity index (χ1) is 8.22. The van der Waals surface area contributed by atoms with E-state index in [0.29, 0.717) is 6.61 Å². The van der Waals surface area contributed by atoms with Crippen LogP contribution in [0.25, 0.3) is 0 Å². The Hall–Kier alpha value is -0.530. The van der Waals surface area contributed by atoms with Crippen LogP contribution in [0.1, 0.15) is 78.6 Å². The van der Waals surface area contributed by atoms with Crippen LogP contribution in [0.4, 0.5) is 0 Å². The number of carbonyl (C=O) groups is 1. The normalized spacial score (nSPS) is 12.4. The zero-order chi connectivity index (χ0) is 12.9. The maximum atomic E-state index is 11.6. The van der Waals surface area contributed by atoms with E-state index in [2.05, 4.69) is 13.8 Å². The summed E-state index contributed by atoms with van der Waals surface area (Å²) in [5.41, 5.74) is 0. The molecular weight excluding hydrogens is 212 g/mol. The molecule has 0 aromatic carbocycles. The monoisotopic (exact) mass is 242 g/mol. The first kappa shape index (κ1) is 16.5. The molecule has 102 valence electrons. The molecular formula is C15H30O2. The Balaban J connectivity index is 3.32. The van der Waals surface area contributed by atoms with E-state index in [0.717, 1.165) is 25.7 Å². The van der Waals surface area contributed by atoms with Gasteiger partial charge >= 0.3 is 5.97 Å². The Morgan fingerprint density at radius 1 is 0.941 bits per heavy atom. The second-order valence-electron chi connectivity index (χ2n) is 4.98. The molecule has 2 nitrogen and oxygen atoms in total. The summed E-state index contributed by atoms with van der Waals surface area (Å²) >= 11 is 0. The van der Waals surface area contributed by atoms with Gasteiger partial charge in [-0.05, 0) is 12.8 Å². The fourth-order valence-electron chi connectivity index (χ4n) is 1.83. The van der Waals surface area contributed by atoms with Crippen molar-refractivity contribution >= 4 is 5.97 Å². The van der Waals surface area contributed by atoms with E-state index < -0.39 is 0 Å². The van der Waals surface area contributed by atoms with E-state index in [4.69, 9.17) is 4.74 Å². The van der Waals surface area contributed by atoms with Crippen LogP contribution in [0.15, 0.2) is 0 Å². The zero-order valence-corrected chi connectivity index (χ0v) is 12.0. The van der Waals surface area contributed by atoms with Gasteiger partial charge in [-0.1, -0.05) is 65.7 Å². The van der Waals surface area contributed by atoms with Gasteiger partial charge in [0.1, 0.15) is 0 Å². The van der Waals surface area contributed by atoms with Crippen molar-refractivity contribution in [2.24, 2.45) is 5.92 Å². The van der Waals surface area contributed by atoms with Crippen LogP contribution in [-0.2, 0) is 9.53 Å². The minimum absolute atomic E-state index is 0.00740. The summed E-state index contributed by atoms with van der Waals surface area (Å²) in [5.74, 6) is 0.0713. The lowest BCUT2D eigenvalue weighted by Crippen LogP contribution is -2.15. The molecule has 2 heteroatoms. The summed E-state index contributed by atoms with van der Waals surface area (Å²) < 4.78 is 5.27. The average Bonchev–Trinajstić information content (AvgIpc) is 2.34. The molecule has 0 fully saturated rings. The van der Waals surface area contributed by atoms with Gasteiger partial charge in [0.15, 0.2) is 0 Å². The van der Waals surface area contributed by atoms with Gasteiger partial charge in [-0.2, -0.15) is 0 Å². The second-order valence-corrected chi connectivity index (χ2v) is 4.98. The third kappa shape index (κ3) is 10.3. The topological polar surface area (TPSA) is 26.3 Å². The predicted octanol–water partition coefficient (Wildman–Crippen LogP) is 4.72. The van der Waals surface area contributed by atoms with Crippen molar-refractivity contribution in [1.29, 1.82) is 0 Å². The highest BCUT2D eigenvalue weighted by Crippen LogP contribution is 2.10. The van der Waals surface area contributed by atoms with Gasteiger partial charge in [-0.3, -0.25) is 4.79 Å². The van der Waals surface area contributed by atoms with Gasteiger partial charge in [0.2, 0.25) is 0 Å². The molecule has 0 bridgehead atoms. The third-order valence-corrected chi connectivity index (χ3v) is 3.14. The van der Waals surface area contributed by atoms with Crippen molar-refractivity contribution in [3.05, 3.63) is 0 Å². The zero-order valence-electron chi connectivity index (χ0n) is 12.0. The molecule has 0 aliphatic rings. The van der Waals surface area contributed by atoms with Crippen LogP contribution in [0.2, 0.25) is 0 Å². The molecule has 17 heavy (non-hydrogen) atoms. The molecule has 0 aliphatic heterocycles. The summed E-state index contributed by atoms with van der Waals surface area (Å²) in [7, 11) is 0. The largest absolute Gasteiger partial charge is 0.465 e. The van der Waals surface area contributed by atoms with E-state index in [1.54, 1.807) is 0 Å². The first-order valence-electron chi connectivity index (χ1n) is 7.39. The molecule has 0 aromatic rings. The van der Waals surface area contributed by atoms with Gasteiger partial charge in [0.05, 0.1) is 12.5 Å². The number of carbonyl (C=O) groups excluding carboxylic acids is 1. The van der Waals surface area contributed by atoms with Crippen LogP contribution in [0, 0.1) is 5.92 Å². The lowest BCUT2D eigenvalue weighted by Gasteiger charge is -2.10. The third-order valence-electron chi connectivity index (χ3n) is 3.14. The molecule has 0 saturated heterocycles. The van der Waals surface area contributed by atoms with Crippen molar-refractivity contribution in [1.82, 2.24) is 0 Å². The molecule has 0 amide bonds. The maximum Gasteiger partial charge on any atom is 0.308 e. The fraction of sp³-hybridized carbons (Fsp3) is 0.933. The highest BCUT2D eigenvalue weighted by atomic mass is 16.5. The smallest absolute Gasteiger partial charge is 0.308 e. The Morgan fingerprint density at radius 3 is 2.18 bits per heavy atom. The van der Waals surface area contributed by atoms with Gasteiger partial charge in [-0.25, -0.2) is 0 Å². The lowest BCUT2D eigenvalue weighted by molar-refractivity contribution is -0.148. The van der Waals surface area contributed by atoms with Crippen molar-refractivity contribution in [2.45, 2.75) is 78.6 Å². The van der Waals surface area contributed by atoms with Crippen molar-refractivity contribution in [3.63, 3.8) is 0 Å². The first-order valence-corrected chi connectivity index (χ1v) is 7.39. The van der Waals surface area contributed by atoms with E-state index in [9.17, 15) is 4.79 Å². The quantitative estimate of drug-likeness (QED) is 0.387. The van der Waals surface area contributed by atoms with Crippen molar-refractivity contribution in [3.8, 4) is 0 Å². The van der Waals surface area contributed by atoms with E-state index >= 15 is 0 Å².